The predicted octanol–water partition coefficient (Wildman–Crippen LogP) is 1.18. The number of ether oxygens (including phenoxy) is 1. The van der Waals surface area contributed by atoms with E-state index in [-0.39, 0.29) is 11.8 Å². The van der Waals surface area contributed by atoms with Crippen molar-refractivity contribution in [2.75, 3.05) is 18.6 Å². The van der Waals surface area contributed by atoms with Crippen molar-refractivity contribution in [3.8, 4) is 5.88 Å². The lowest BCUT2D eigenvalue weighted by atomic mass is 10.0. The summed E-state index contributed by atoms with van der Waals surface area (Å²) >= 11 is 0. The van der Waals surface area contributed by atoms with Crippen LogP contribution in [0, 0.1) is 5.92 Å². The summed E-state index contributed by atoms with van der Waals surface area (Å²) in [6.45, 7) is 2.51. The third-order valence-electron chi connectivity index (χ3n) is 2.69. The number of rotatable bonds is 2. The van der Waals surface area contributed by atoms with E-state index in [4.69, 9.17) is 4.74 Å². The van der Waals surface area contributed by atoms with Gasteiger partial charge in [0, 0.05) is 7.05 Å². The van der Waals surface area contributed by atoms with Crippen molar-refractivity contribution in [1.82, 2.24) is 10.2 Å². The van der Waals surface area contributed by atoms with Crippen molar-refractivity contribution in [3.05, 3.63) is 6.20 Å². The molecular formula is C10H15N3O2. The molecule has 0 aromatic carbocycles. The number of carbonyl (C=O) groups excluding carboxylic acids is 1. The van der Waals surface area contributed by atoms with Crippen molar-refractivity contribution in [2.24, 2.45) is 5.92 Å². The fourth-order valence-corrected chi connectivity index (χ4v) is 1.82. The van der Waals surface area contributed by atoms with Gasteiger partial charge in [-0.3, -0.25) is 4.79 Å². The number of amides is 1. The second-order valence-corrected chi connectivity index (χ2v) is 3.78. The Bertz CT molecular complexity index is 361. The Morgan fingerprint density at radius 2 is 2.53 bits per heavy atom. The minimum atomic E-state index is -0.0409. The van der Waals surface area contributed by atoms with E-state index in [0.29, 0.717) is 12.5 Å². The van der Waals surface area contributed by atoms with Crippen LogP contribution in [-0.4, -0.2) is 29.8 Å². The zero-order valence-electron chi connectivity index (χ0n) is 8.99. The molecule has 0 saturated heterocycles. The number of hydrogen-bond donors (Lipinski definition) is 1. The van der Waals surface area contributed by atoms with Crippen LogP contribution in [0.3, 0.4) is 0 Å². The highest BCUT2D eigenvalue weighted by Gasteiger charge is 2.29. The fraction of sp³-hybridized carbons (Fsp3) is 0.600. The lowest BCUT2D eigenvalue weighted by Gasteiger charge is -2.17. The standard InChI is InChI=1S/C10H15N3O2/c1-3-4-7-6-15-9-8(5-11-12-9)13(2)10(7)14/h5,7H,3-4,6H2,1-2H3,(H,11,12)/t7-/m0/s1. The summed E-state index contributed by atoms with van der Waals surface area (Å²) in [6, 6.07) is 0. The topological polar surface area (TPSA) is 58.2 Å². The normalized spacial score (nSPS) is 20.8. The molecule has 5 nitrogen and oxygen atoms in total. The van der Waals surface area contributed by atoms with Crippen LogP contribution < -0.4 is 9.64 Å². The summed E-state index contributed by atoms with van der Waals surface area (Å²) in [5.41, 5.74) is 0.721. The maximum atomic E-state index is 12.0. The van der Waals surface area contributed by atoms with Crippen LogP contribution in [0.2, 0.25) is 0 Å². The van der Waals surface area contributed by atoms with Gasteiger partial charge >= 0.3 is 0 Å². The zero-order valence-corrected chi connectivity index (χ0v) is 8.99. The molecule has 5 heteroatoms. The third-order valence-corrected chi connectivity index (χ3v) is 2.69. The van der Waals surface area contributed by atoms with Crippen LogP contribution in [0.25, 0.3) is 0 Å². The Balaban J connectivity index is 2.24. The summed E-state index contributed by atoms with van der Waals surface area (Å²) in [6.07, 6.45) is 3.46. The van der Waals surface area contributed by atoms with Crippen molar-refractivity contribution in [2.45, 2.75) is 19.8 Å². The number of anilines is 1. The molecule has 0 unspecified atom stereocenters. The molecule has 1 amide bonds. The van der Waals surface area contributed by atoms with E-state index < -0.39 is 0 Å². The molecule has 1 aromatic heterocycles. The summed E-state index contributed by atoms with van der Waals surface area (Å²) in [5, 5.41) is 6.60. The van der Waals surface area contributed by atoms with E-state index in [0.717, 1.165) is 18.5 Å². The number of aromatic amines is 1. The van der Waals surface area contributed by atoms with Crippen LogP contribution in [0.1, 0.15) is 19.8 Å². The highest BCUT2D eigenvalue weighted by Crippen LogP contribution is 2.29. The highest BCUT2D eigenvalue weighted by atomic mass is 16.5. The molecular weight excluding hydrogens is 194 g/mol. The van der Waals surface area contributed by atoms with E-state index in [1.165, 1.54) is 0 Å². The minimum absolute atomic E-state index is 0.0409. The van der Waals surface area contributed by atoms with Gasteiger partial charge in [0.05, 0.1) is 12.1 Å². The Morgan fingerprint density at radius 3 is 3.27 bits per heavy atom. The molecule has 1 aliphatic heterocycles. The molecule has 15 heavy (non-hydrogen) atoms. The van der Waals surface area contributed by atoms with Crippen LogP contribution in [0.4, 0.5) is 5.69 Å². The predicted molar refractivity (Wildman–Crippen MR) is 55.9 cm³/mol. The van der Waals surface area contributed by atoms with Crippen LogP contribution in [0.5, 0.6) is 5.88 Å². The van der Waals surface area contributed by atoms with Crippen molar-refractivity contribution < 1.29 is 9.53 Å². The van der Waals surface area contributed by atoms with Crippen LogP contribution in [0.15, 0.2) is 6.20 Å². The average molecular weight is 209 g/mol. The van der Waals surface area contributed by atoms with E-state index in [1.54, 1.807) is 18.1 Å². The van der Waals surface area contributed by atoms with Gasteiger partial charge in [-0.15, -0.1) is 0 Å². The molecule has 2 rings (SSSR count). The summed E-state index contributed by atoms with van der Waals surface area (Å²) < 4.78 is 5.51. The molecule has 2 heterocycles. The van der Waals surface area contributed by atoms with Crippen molar-refractivity contribution >= 4 is 11.6 Å². The summed E-state index contributed by atoms with van der Waals surface area (Å²) in [5.74, 6) is 0.655. The molecule has 1 atom stereocenters. The first-order valence-electron chi connectivity index (χ1n) is 5.17. The maximum absolute atomic E-state index is 12.0. The molecule has 0 spiro atoms. The fourth-order valence-electron chi connectivity index (χ4n) is 1.82. The molecule has 0 bridgehead atoms. The van der Waals surface area contributed by atoms with Crippen molar-refractivity contribution in [3.63, 3.8) is 0 Å². The van der Waals surface area contributed by atoms with Crippen LogP contribution >= 0.6 is 0 Å². The van der Waals surface area contributed by atoms with Crippen LogP contribution in [-0.2, 0) is 4.79 Å². The van der Waals surface area contributed by atoms with Gasteiger partial charge in [0.25, 0.3) is 0 Å². The Morgan fingerprint density at radius 1 is 1.73 bits per heavy atom. The Hall–Kier alpha value is -1.52. The Labute approximate surface area is 88.4 Å². The molecule has 0 aliphatic carbocycles. The smallest absolute Gasteiger partial charge is 0.233 e. The SMILES string of the molecule is CCC[C@H]1COc2[nH]ncc2N(C)C1=O. The van der Waals surface area contributed by atoms with E-state index >= 15 is 0 Å². The largest absolute Gasteiger partial charge is 0.476 e. The number of H-pyrrole nitrogens is 1. The third kappa shape index (κ3) is 1.69. The van der Waals surface area contributed by atoms with Gasteiger partial charge in [0.1, 0.15) is 12.3 Å². The second-order valence-electron chi connectivity index (χ2n) is 3.78. The average Bonchev–Trinajstić information content (AvgIpc) is 2.66. The number of hydrogen-bond acceptors (Lipinski definition) is 3. The van der Waals surface area contributed by atoms with Gasteiger partial charge in [-0.25, -0.2) is 5.10 Å². The van der Waals surface area contributed by atoms with Gasteiger partial charge in [0.2, 0.25) is 11.8 Å². The molecule has 82 valence electrons. The molecule has 1 N–H and O–H groups in total. The number of fused-ring (bicyclic) bond motifs is 1. The van der Waals surface area contributed by atoms with Crippen molar-refractivity contribution in [1.29, 1.82) is 0 Å². The zero-order chi connectivity index (χ0) is 10.8. The van der Waals surface area contributed by atoms with Gasteiger partial charge in [0.15, 0.2) is 0 Å². The first kappa shape index (κ1) is 10.0. The quantitative estimate of drug-likeness (QED) is 0.795. The lowest BCUT2D eigenvalue weighted by Crippen LogP contribution is -2.33. The number of aromatic nitrogens is 2. The molecule has 0 radical (unpaired) electrons. The van der Waals surface area contributed by atoms with E-state index in [9.17, 15) is 4.79 Å². The van der Waals surface area contributed by atoms with E-state index in [2.05, 4.69) is 17.1 Å². The van der Waals surface area contributed by atoms with Gasteiger partial charge in [-0.1, -0.05) is 13.3 Å². The molecule has 1 aliphatic rings. The highest BCUT2D eigenvalue weighted by molar-refractivity contribution is 5.96. The van der Waals surface area contributed by atoms with Gasteiger partial charge in [-0.05, 0) is 6.42 Å². The Kier molecular flexibility index (Phi) is 2.62. The van der Waals surface area contributed by atoms with E-state index in [1.807, 2.05) is 0 Å². The monoisotopic (exact) mass is 209 g/mol. The summed E-state index contributed by atoms with van der Waals surface area (Å²) in [7, 11) is 1.76. The number of nitrogens with zero attached hydrogens (tertiary/aromatic N) is 2. The first-order valence-corrected chi connectivity index (χ1v) is 5.17. The molecule has 1 aromatic rings. The minimum Gasteiger partial charge on any atom is -0.476 e. The lowest BCUT2D eigenvalue weighted by molar-refractivity contribution is -0.122. The van der Waals surface area contributed by atoms with Gasteiger partial charge < -0.3 is 9.64 Å². The maximum Gasteiger partial charge on any atom is 0.233 e. The number of carbonyl (C=O) groups is 1. The molecule has 0 saturated carbocycles. The first-order chi connectivity index (χ1) is 7.24. The summed E-state index contributed by atoms with van der Waals surface area (Å²) in [4.78, 5) is 13.6. The van der Waals surface area contributed by atoms with Gasteiger partial charge in [-0.2, -0.15) is 5.10 Å². The number of nitrogens with one attached hydrogen (secondary N) is 1. The second kappa shape index (κ2) is 3.92. The molecule has 0 fully saturated rings.